The van der Waals surface area contributed by atoms with Gasteiger partial charge in [-0.1, -0.05) is 20.8 Å². The maximum absolute atomic E-state index is 9.63. The van der Waals surface area contributed by atoms with Gasteiger partial charge in [0.1, 0.15) is 0 Å². The molecule has 76 valence electrons. The van der Waals surface area contributed by atoms with Gasteiger partial charge in [-0.3, -0.25) is 0 Å². The van der Waals surface area contributed by atoms with Crippen molar-refractivity contribution in [1.82, 2.24) is 0 Å². The Balaban J connectivity index is -0.000000142. The van der Waals surface area contributed by atoms with E-state index in [0.29, 0.717) is 5.41 Å². The molecule has 3 heteroatoms. The summed E-state index contributed by atoms with van der Waals surface area (Å²) in [5.74, 6) is 1.49. The molecule has 0 spiro atoms. The Morgan fingerprint density at radius 3 is 1.17 bits per heavy atom. The van der Waals surface area contributed by atoms with Gasteiger partial charge in [-0.05, 0) is 13.3 Å². The van der Waals surface area contributed by atoms with Gasteiger partial charge < -0.3 is 10.5 Å². The van der Waals surface area contributed by atoms with E-state index in [1.807, 2.05) is 0 Å². The third-order valence-electron chi connectivity index (χ3n) is 1.50. The molecule has 0 fully saturated rings. The largest absolute Gasteiger partial charge is 0.327 e. The van der Waals surface area contributed by atoms with Gasteiger partial charge >= 0.3 is 0 Å². The molecule has 0 aromatic carbocycles. The number of rotatable bonds is 0. The Kier molecular flexibility index (Phi) is 13.2. The molecule has 0 radical (unpaired) electrons. The van der Waals surface area contributed by atoms with E-state index >= 15 is 0 Å². The van der Waals surface area contributed by atoms with E-state index in [0.717, 1.165) is 0 Å². The summed E-state index contributed by atoms with van der Waals surface area (Å²) < 4.78 is 9.63. The van der Waals surface area contributed by atoms with Crippen molar-refractivity contribution in [3.63, 3.8) is 0 Å². The van der Waals surface area contributed by atoms with E-state index in [-0.39, 0.29) is 21.1 Å². The minimum Gasteiger partial charge on any atom is -0.327 e. The summed E-state index contributed by atoms with van der Waals surface area (Å²) in [6, 6.07) is 0. The summed E-state index contributed by atoms with van der Waals surface area (Å²) in [6.07, 6.45) is 0. The fourth-order valence-electron chi connectivity index (χ4n) is 0. The zero-order valence-electron chi connectivity index (χ0n) is 9.32. The first-order chi connectivity index (χ1) is 4.68. The van der Waals surface area contributed by atoms with Crippen LogP contribution in [0.3, 0.4) is 0 Å². The molecule has 1 nitrogen and oxygen atoms in total. The molecule has 0 N–H and O–H groups in total. The van der Waals surface area contributed by atoms with Crippen molar-refractivity contribution < 1.29 is 25.6 Å². The minimum absolute atomic E-state index is 0. The van der Waals surface area contributed by atoms with Crippen molar-refractivity contribution in [2.75, 3.05) is 13.3 Å². The van der Waals surface area contributed by atoms with Gasteiger partial charge in [0.15, 0.2) is 0 Å². The number of hydrogen-bond donors (Lipinski definition) is 0. The fourth-order valence-corrected chi connectivity index (χ4v) is 0. The maximum Gasteiger partial charge on any atom is 0.0703 e. The van der Waals surface area contributed by atoms with Crippen molar-refractivity contribution in [1.29, 1.82) is 0 Å². The average molecular weight is 361 g/mol. The average Bonchev–Trinajstić information content (AvgIpc) is 1.59. The molecule has 0 aliphatic heterocycles. The summed E-state index contributed by atoms with van der Waals surface area (Å²) in [6.45, 7) is 14.4. The van der Waals surface area contributed by atoms with Gasteiger partial charge in [-0.25, -0.2) is 0 Å². The molecule has 0 unspecified atom stereocenters. The van der Waals surface area contributed by atoms with E-state index in [1.165, 1.54) is 5.92 Å². The van der Waals surface area contributed by atoms with Crippen LogP contribution in [-0.2, 0) is 25.6 Å². The van der Waals surface area contributed by atoms with Crippen molar-refractivity contribution >= 4 is 7.80 Å². The van der Waals surface area contributed by atoms with Crippen LogP contribution in [-0.4, -0.2) is 13.3 Å². The van der Waals surface area contributed by atoms with Gasteiger partial charge in [0, 0.05) is 21.1 Å². The Labute approximate surface area is 92.8 Å². The predicted octanol–water partition coefficient (Wildman–Crippen LogP) is 3.45. The number of hydrogen-bond acceptors (Lipinski definition) is 1. The van der Waals surface area contributed by atoms with Crippen molar-refractivity contribution in [2.45, 2.75) is 34.6 Å². The Morgan fingerprint density at radius 1 is 1.08 bits per heavy atom. The fraction of sp³-hybridized carbons (Fsp3) is 0.889. The molecule has 0 aliphatic rings. The first kappa shape index (κ1) is 18.7. The molecule has 0 saturated heterocycles. The molecule has 0 saturated carbocycles. The van der Waals surface area contributed by atoms with Crippen molar-refractivity contribution in [3.8, 4) is 0 Å². The van der Waals surface area contributed by atoms with E-state index in [9.17, 15) is 4.57 Å². The van der Waals surface area contributed by atoms with Crippen LogP contribution in [0.5, 0.6) is 0 Å². The second-order valence-corrected chi connectivity index (χ2v) is 5.97. The van der Waals surface area contributed by atoms with Crippen molar-refractivity contribution in [2.24, 2.45) is 5.41 Å². The summed E-state index contributed by atoms with van der Waals surface area (Å²) >= 11 is 0. The Bertz CT molecular complexity index is 112. The van der Waals surface area contributed by atoms with Crippen LogP contribution in [0.2, 0.25) is 0 Å². The molecular weight excluding hydrogens is 339 g/mol. The molecule has 0 rings (SSSR count). The van der Waals surface area contributed by atoms with E-state index in [4.69, 9.17) is 0 Å². The molecule has 0 aliphatic carbocycles. The predicted molar refractivity (Wildman–Crippen MR) is 54.9 cm³/mol. The summed E-state index contributed by atoms with van der Waals surface area (Å²) in [7, 11) is -1.13. The molecular formula is C9H22OPW-. The van der Waals surface area contributed by atoms with Crippen LogP contribution in [0.25, 0.3) is 0 Å². The first-order valence-electron chi connectivity index (χ1n) is 3.95. The summed E-state index contributed by atoms with van der Waals surface area (Å²) in [5, 5.41) is 0. The molecule has 0 atom stereocenters. The normalized spacial score (nSPS) is 10.4. The Morgan fingerprint density at radius 2 is 1.17 bits per heavy atom. The zero-order valence-corrected chi connectivity index (χ0v) is 13.2. The van der Waals surface area contributed by atoms with Gasteiger partial charge in [0.25, 0.3) is 0 Å². The van der Waals surface area contributed by atoms with E-state index in [2.05, 4.69) is 34.6 Å². The second-order valence-electron chi connectivity index (χ2n) is 4.16. The topological polar surface area (TPSA) is 17.1 Å². The monoisotopic (exact) mass is 361 g/mol. The zero-order chi connectivity index (χ0) is 9.65. The third-order valence-corrected chi connectivity index (χ3v) is 1.50. The minimum atomic E-state index is -1.13. The van der Waals surface area contributed by atoms with Crippen LogP contribution in [0.1, 0.15) is 34.6 Å². The summed E-state index contributed by atoms with van der Waals surface area (Å²) in [4.78, 5) is 0. The molecule has 0 aromatic heterocycles. The Hall–Kier alpha value is 0.918. The van der Waals surface area contributed by atoms with Crippen LogP contribution in [0.4, 0.5) is 0 Å². The first-order valence-corrected chi connectivity index (χ1v) is 6.36. The van der Waals surface area contributed by atoms with Crippen LogP contribution in [0, 0.1) is 11.3 Å². The summed E-state index contributed by atoms with van der Waals surface area (Å²) in [5.41, 5.74) is 0.417. The second kappa shape index (κ2) is 8.51. The van der Waals surface area contributed by atoms with E-state index in [1.54, 1.807) is 13.3 Å². The smallest absolute Gasteiger partial charge is 0.0703 e. The third kappa shape index (κ3) is 22.4. The molecule has 0 amide bonds. The van der Waals surface area contributed by atoms with Gasteiger partial charge in [-0.15, -0.1) is 0 Å². The van der Waals surface area contributed by atoms with Gasteiger partial charge in [-0.2, -0.15) is 19.3 Å². The quantitative estimate of drug-likeness (QED) is 0.477. The molecule has 12 heavy (non-hydrogen) atoms. The SMILES string of the molecule is C[C-](C)C(C)(C)C.C[PH](C)=O.[W]. The molecule has 0 bridgehead atoms. The van der Waals surface area contributed by atoms with Gasteiger partial charge in [0.05, 0.1) is 7.80 Å². The van der Waals surface area contributed by atoms with Crippen LogP contribution in [0.15, 0.2) is 0 Å². The maximum atomic E-state index is 9.63. The molecule has 0 aromatic rings. The van der Waals surface area contributed by atoms with E-state index < -0.39 is 7.80 Å². The van der Waals surface area contributed by atoms with Gasteiger partial charge in [0.2, 0.25) is 0 Å². The van der Waals surface area contributed by atoms with Crippen molar-refractivity contribution in [3.05, 3.63) is 5.92 Å². The molecule has 0 heterocycles. The standard InChI is InChI=1S/C7H15.C2H7OP.W/c1-6(2)7(3,4)5;1-4(2)3;/h1-5H3;4H,1-2H3;/q-1;;. The van der Waals surface area contributed by atoms with Crippen LogP contribution >= 0.6 is 7.80 Å². The van der Waals surface area contributed by atoms with Crippen LogP contribution < -0.4 is 0 Å².